The molecule has 2 amide bonds. The summed E-state index contributed by atoms with van der Waals surface area (Å²) in [5.74, 6) is -1.64. The maximum absolute atomic E-state index is 13.5. The van der Waals surface area contributed by atoms with E-state index in [1.165, 1.54) is 0 Å². The van der Waals surface area contributed by atoms with Crippen LogP contribution in [0.1, 0.15) is 29.6 Å². The molecule has 1 unspecified atom stereocenters. The largest absolute Gasteiger partial charge is 0.352 e. The van der Waals surface area contributed by atoms with Gasteiger partial charge in [-0.2, -0.15) is 0 Å². The van der Waals surface area contributed by atoms with Crippen LogP contribution < -0.4 is 10.6 Å². The molecule has 0 radical (unpaired) electrons. The average Bonchev–Trinajstić information content (AvgIpc) is 3.00. The van der Waals surface area contributed by atoms with Crippen LogP contribution >= 0.6 is 12.4 Å². The zero-order valence-electron chi connectivity index (χ0n) is 14.2. The highest BCUT2D eigenvalue weighted by Gasteiger charge is 2.25. The molecule has 1 aliphatic rings. The van der Waals surface area contributed by atoms with E-state index in [0.717, 1.165) is 38.2 Å². The summed E-state index contributed by atoms with van der Waals surface area (Å²) in [5, 5.41) is 5.67. The van der Waals surface area contributed by atoms with Crippen molar-refractivity contribution in [3.8, 4) is 0 Å². The van der Waals surface area contributed by atoms with Crippen LogP contribution in [0.25, 0.3) is 0 Å². The molecule has 1 aromatic rings. The lowest BCUT2D eigenvalue weighted by molar-refractivity contribution is -0.130. The van der Waals surface area contributed by atoms with Gasteiger partial charge in [0.05, 0.1) is 5.56 Å². The van der Waals surface area contributed by atoms with E-state index in [1.54, 1.807) is 0 Å². The smallest absolute Gasteiger partial charge is 0.254 e. The van der Waals surface area contributed by atoms with Crippen LogP contribution in [0.15, 0.2) is 18.2 Å². The van der Waals surface area contributed by atoms with E-state index in [1.807, 2.05) is 11.9 Å². The van der Waals surface area contributed by atoms with Gasteiger partial charge in [0, 0.05) is 32.1 Å². The highest BCUT2D eigenvalue weighted by atomic mass is 35.5. The molecule has 0 aromatic heterocycles. The van der Waals surface area contributed by atoms with E-state index >= 15 is 0 Å². The van der Waals surface area contributed by atoms with E-state index in [9.17, 15) is 18.4 Å². The van der Waals surface area contributed by atoms with Gasteiger partial charge >= 0.3 is 0 Å². The quantitative estimate of drug-likeness (QED) is 0.716. The van der Waals surface area contributed by atoms with Crippen molar-refractivity contribution in [1.29, 1.82) is 0 Å². The Morgan fingerprint density at radius 1 is 1.32 bits per heavy atom. The van der Waals surface area contributed by atoms with Gasteiger partial charge in [0.2, 0.25) is 5.91 Å². The zero-order valence-corrected chi connectivity index (χ0v) is 15.0. The Balaban J connectivity index is 0.00000312. The molecular weight excluding hydrogens is 352 g/mol. The van der Waals surface area contributed by atoms with Gasteiger partial charge in [0.25, 0.3) is 5.91 Å². The molecule has 0 bridgehead atoms. The number of halogens is 3. The Morgan fingerprint density at radius 2 is 2.08 bits per heavy atom. The van der Waals surface area contributed by atoms with Crippen molar-refractivity contribution in [2.45, 2.75) is 19.3 Å². The molecule has 0 aliphatic carbocycles. The van der Waals surface area contributed by atoms with Crippen molar-refractivity contribution < 1.29 is 18.4 Å². The van der Waals surface area contributed by atoms with Crippen molar-refractivity contribution >= 4 is 24.2 Å². The van der Waals surface area contributed by atoms with Gasteiger partial charge in [0.15, 0.2) is 0 Å². The molecule has 1 atom stereocenters. The van der Waals surface area contributed by atoms with Gasteiger partial charge < -0.3 is 15.5 Å². The molecule has 5 nitrogen and oxygen atoms in total. The first-order valence-corrected chi connectivity index (χ1v) is 8.17. The lowest BCUT2D eigenvalue weighted by Crippen LogP contribution is -2.31. The number of nitrogens with one attached hydrogen (secondary N) is 2. The van der Waals surface area contributed by atoms with Gasteiger partial charge in [-0.15, -0.1) is 12.4 Å². The lowest BCUT2D eigenvalue weighted by atomic mass is 10.1. The zero-order chi connectivity index (χ0) is 17.5. The molecule has 1 saturated heterocycles. The molecule has 8 heteroatoms. The molecule has 0 saturated carbocycles. The topological polar surface area (TPSA) is 61.4 Å². The second-order valence-electron chi connectivity index (χ2n) is 6.04. The molecule has 1 heterocycles. The highest BCUT2D eigenvalue weighted by molar-refractivity contribution is 5.94. The summed E-state index contributed by atoms with van der Waals surface area (Å²) < 4.78 is 26.3. The summed E-state index contributed by atoms with van der Waals surface area (Å²) in [4.78, 5) is 25.8. The predicted octanol–water partition coefficient (Wildman–Crippen LogP) is 1.96. The summed E-state index contributed by atoms with van der Waals surface area (Å²) in [6, 6.07) is 2.82. The van der Waals surface area contributed by atoms with Gasteiger partial charge in [-0.1, -0.05) is 0 Å². The van der Waals surface area contributed by atoms with Crippen LogP contribution in [0.5, 0.6) is 0 Å². The molecular formula is C17H24ClF2N3O2. The molecule has 140 valence electrons. The molecule has 1 fully saturated rings. The second-order valence-corrected chi connectivity index (χ2v) is 6.04. The second kappa shape index (κ2) is 10.3. The van der Waals surface area contributed by atoms with E-state index in [-0.39, 0.29) is 30.4 Å². The van der Waals surface area contributed by atoms with Gasteiger partial charge in [0.1, 0.15) is 11.6 Å². The molecule has 1 aliphatic heterocycles. The van der Waals surface area contributed by atoms with E-state index in [2.05, 4.69) is 10.6 Å². The van der Waals surface area contributed by atoms with E-state index in [4.69, 9.17) is 0 Å². The minimum atomic E-state index is -0.892. The third-order valence-corrected chi connectivity index (χ3v) is 4.16. The first-order valence-electron chi connectivity index (χ1n) is 8.17. The van der Waals surface area contributed by atoms with E-state index in [0.29, 0.717) is 24.8 Å². The Kier molecular flexibility index (Phi) is 8.78. The van der Waals surface area contributed by atoms with Crippen molar-refractivity contribution in [2.75, 3.05) is 33.2 Å². The number of likely N-dealkylation sites (tertiary alicyclic amines) is 1. The first-order chi connectivity index (χ1) is 11.5. The molecule has 1 aromatic carbocycles. The van der Waals surface area contributed by atoms with Crippen molar-refractivity contribution in [1.82, 2.24) is 15.5 Å². The minimum Gasteiger partial charge on any atom is -0.352 e. The summed E-state index contributed by atoms with van der Waals surface area (Å²) in [7, 11) is 1.90. The number of hydrogen-bond acceptors (Lipinski definition) is 3. The summed E-state index contributed by atoms with van der Waals surface area (Å²) in [5.41, 5.74) is -0.197. The van der Waals surface area contributed by atoms with Crippen LogP contribution in [-0.2, 0) is 4.79 Å². The van der Waals surface area contributed by atoms with Gasteiger partial charge in [-0.3, -0.25) is 9.59 Å². The summed E-state index contributed by atoms with van der Waals surface area (Å²) in [6.45, 7) is 2.73. The normalized spacial score (nSPS) is 16.4. The van der Waals surface area contributed by atoms with Crippen LogP contribution in [0, 0.1) is 17.6 Å². The van der Waals surface area contributed by atoms with Crippen molar-refractivity contribution in [3.05, 3.63) is 35.4 Å². The standard InChI is InChI=1S/C17H23F2N3O2.ClH/c1-20-10-12-6-8-22(11-12)16(23)3-2-7-21-17(24)14-5-4-13(18)9-15(14)19;/h4-5,9,12,20H,2-3,6-8,10-11H2,1H3,(H,21,24);1H. The fourth-order valence-electron chi connectivity index (χ4n) is 2.88. The van der Waals surface area contributed by atoms with Crippen molar-refractivity contribution in [3.63, 3.8) is 0 Å². The number of carbonyl (C=O) groups is 2. The van der Waals surface area contributed by atoms with Crippen molar-refractivity contribution in [2.24, 2.45) is 5.92 Å². The highest BCUT2D eigenvalue weighted by Crippen LogP contribution is 2.16. The van der Waals surface area contributed by atoms with Crippen LogP contribution in [-0.4, -0.2) is 49.9 Å². The maximum Gasteiger partial charge on any atom is 0.254 e. The molecule has 0 spiro atoms. The number of nitrogens with zero attached hydrogens (tertiary/aromatic N) is 1. The maximum atomic E-state index is 13.5. The Labute approximate surface area is 152 Å². The molecule has 2 rings (SSSR count). The average molecular weight is 376 g/mol. The SMILES string of the molecule is CNCC1CCN(C(=O)CCCNC(=O)c2ccc(F)cc2F)C1.Cl. The fourth-order valence-corrected chi connectivity index (χ4v) is 2.88. The number of hydrogen-bond donors (Lipinski definition) is 2. The Bertz CT molecular complexity index is 601. The van der Waals surface area contributed by atoms with E-state index < -0.39 is 17.5 Å². The first kappa shape index (κ1) is 21.3. The number of rotatable bonds is 7. The number of benzene rings is 1. The number of carbonyl (C=O) groups excluding carboxylic acids is 2. The van der Waals surface area contributed by atoms with Gasteiger partial charge in [-0.05, 0) is 44.5 Å². The Hall–Kier alpha value is -1.73. The summed E-state index contributed by atoms with van der Waals surface area (Å²) in [6.07, 6.45) is 1.84. The van der Waals surface area contributed by atoms with Crippen LogP contribution in [0.3, 0.4) is 0 Å². The van der Waals surface area contributed by atoms with Crippen LogP contribution in [0.4, 0.5) is 8.78 Å². The molecule has 2 N–H and O–H groups in total. The van der Waals surface area contributed by atoms with Gasteiger partial charge in [-0.25, -0.2) is 8.78 Å². The lowest BCUT2D eigenvalue weighted by Gasteiger charge is -2.16. The minimum absolute atomic E-state index is 0. The number of amides is 2. The summed E-state index contributed by atoms with van der Waals surface area (Å²) >= 11 is 0. The third kappa shape index (κ3) is 6.25. The predicted molar refractivity (Wildman–Crippen MR) is 93.8 cm³/mol. The van der Waals surface area contributed by atoms with Crippen LogP contribution in [0.2, 0.25) is 0 Å². The Morgan fingerprint density at radius 3 is 2.76 bits per heavy atom. The fraction of sp³-hybridized carbons (Fsp3) is 0.529. The third-order valence-electron chi connectivity index (χ3n) is 4.16. The monoisotopic (exact) mass is 375 g/mol. The molecule has 25 heavy (non-hydrogen) atoms.